The Kier molecular flexibility index (Phi) is 6.83. The molecule has 1 aromatic heterocycles. The Morgan fingerprint density at radius 2 is 1.85 bits per heavy atom. The number of benzene rings is 2. The summed E-state index contributed by atoms with van der Waals surface area (Å²) in [6.07, 6.45) is 2.86. The van der Waals surface area contributed by atoms with Crippen LogP contribution in [0.25, 0.3) is 0 Å². The van der Waals surface area contributed by atoms with Crippen molar-refractivity contribution >= 4 is 15.9 Å². The van der Waals surface area contributed by atoms with E-state index in [4.69, 9.17) is 4.74 Å². The van der Waals surface area contributed by atoms with Gasteiger partial charge in [0.15, 0.2) is 0 Å². The van der Waals surface area contributed by atoms with E-state index >= 15 is 0 Å². The number of nitrogens with one attached hydrogen (secondary N) is 1. The van der Waals surface area contributed by atoms with Crippen LogP contribution in [0.5, 0.6) is 0 Å². The Morgan fingerprint density at radius 1 is 1.15 bits per heavy atom. The highest BCUT2D eigenvalue weighted by Gasteiger charge is 2.32. The van der Waals surface area contributed by atoms with E-state index in [1.54, 1.807) is 42.2 Å². The highest BCUT2D eigenvalue weighted by Crippen LogP contribution is 2.24. The summed E-state index contributed by atoms with van der Waals surface area (Å²) in [6, 6.07) is 11.1. The molecule has 8 nitrogen and oxygen atoms in total. The zero-order chi connectivity index (χ0) is 24.5. The first-order chi connectivity index (χ1) is 16.1. The van der Waals surface area contributed by atoms with Gasteiger partial charge in [-0.3, -0.25) is 4.79 Å². The van der Waals surface area contributed by atoms with Crippen LogP contribution in [0.3, 0.4) is 0 Å². The molecule has 2 heterocycles. The number of aromatic nitrogens is 2. The standard InChI is InChI=1S/C24H27FN4O4S/c1-16-14-29(15-17(2)33-16)34(31,32)21-9-5-7-19(13-21)24(30)27-22(23-26-10-11-28(23)3)18-6-4-8-20(25)12-18/h4-13,16-17,22H,14-15H2,1-3H3,(H,27,30). The van der Waals surface area contributed by atoms with Gasteiger partial charge < -0.3 is 14.6 Å². The fourth-order valence-corrected chi connectivity index (χ4v) is 5.76. The van der Waals surface area contributed by atoms with Crippen LogP contribution in [0.15, 0.2) is 65.8 Å². The third kappa shape index (κ3) is 5.03. The van der Waals surface area contributed by atoms with Crippen molar-refractivity contribution in [2.45, 2.75) is 37.0 Å². The highest BCUT2D eigenvalue weighted by molar-refractivity contribution is 7.89. The second-order valence-corrected chi connectivity index (χ2v) is 10.4. The van der Waals surface area contributed by atoms with Crippen LogP contribution in [0.1, 0.15) is 41.6 Å². The molecule has 0 radical (unpaired) electrons. The summed E-state index contributed by atoms with van der Waals surface area (Å²) in [7, 11) is -2.04. The van der Waals surface area contributed by atoms with Gasteiger partial charge in [0.1, 0.15) is 17.7 Å². The minimum Gasteiger partial charge on any atom is -0.373 e. The third-order valence-electron chi connectivity index (χ3n) is 5.69. The predicted molar refractivity (Wildman–Crippen MR) is 124 cm³/mol. The molecule has 1 amide bonds. The number of amides is 1. The molecule has 2 aromatic carbocycles. The molecular weight excluding hydrogens is 459 g/mol. The van der Waals surface area contributed by atoms with E-state index in [-0.39, 0.29) is 35.8 Å². The molecule has 1 aliphatic heterocycles. The van der Waals surface area contributed by atoms with Gasteiger partial charge in [0.2, 0.25) is 10.0 Å². The van der Waals surface area contributed by atoms with E-state index in [9.17, 15) is 17.6 Å². The first-order valence-corrected chi connectivity index (χ1v) is 12.4. The SMILES string of the molecule is CC1CN(S(=O)(=O)c2cccc(C(=O)NC(c3cccc(F)c3)c3nccn3C)c2)CC(C)O1. The molecule has 1 N–H and O–H groups in total. The van der Waals surface area contributed by atoms with E-state index in [1.165, 1.54) is 34.6 Å². The van der Waals surface area contributed by atoms with Gasteiger partial charge in [-0.2, -0.15) is 4.31 Å². The van der Waals surface area contributed by atoms with Crippen molar-refractivity contribution in [1.29, 1.82) is 0 Å². The molecule has 4 rings (SSSR count). The number of carbonyl (C=O) groups excluding carboxylic acids is 1. The summed E-state index contributed by atoms with van der Waals surface area (Å²) in [5.41, 5.74) is 0.689. The Labute approximate surface area is 198 Å². The number of rotatable bonds is 6. The van der Waals surface area contributed by atoms with E-state index < -0.39 is 27.8 Å². The number of morpholine rings is 1. The number of sulfonamides is 1. The number of hydrogen-bond acceptors (Lipinski definition) is 5. The molecule has 0 saturated carbocycles. The second-order valence-electron chi connectivity index (χ2n) is 8.46. The van der Waals surface area contributed by atoms with Gasteiger partial charge in [-0.05, 0) is 49.7 Å². The Bertz CT molecular complexity index is 1280. The number of aryl methyl sites for hydroxylation is 1. The molecule has 3 aromatic rings. The number of hydrogen-bond donors (Lipinski definition) is 1. The third-order valence-corrected chi connectivity index (χ3v) is 7.52. The molecule has 0 aliphatic carbocycles. The molecule has 1 aliphatic rings. The van der Waals surface area contributed by atoms with Gasteiger partial charge >= 0.3 is 0 Å². The summed E-state index contributed by atoms with van der Waals surface area (Å²) in [5, 5.41) is 2.88. The number of carbonyl (C=O) groups is 1. The number of halogens is 1. The monoisotopic (exact) mass is 486 g/mol. The highest BCUT2D eigenvalue weighted by atomic mass is 32.2. The maximum atomic E-state index is 13.9. The average Bonchev–Trinajstić information content (AvgIpc) is 3.22. The zero-order valence-electron chi connectivity index (χ0n) is 19.2. The Balaban J connectivity index is 1.63. The summed E-state index contributed by atoms with van der Waals surface area (Å²) in [6.45, 7) is 4.13. The lowest BCUT2D eigenvalue weighted by Gasteiger charge is -2.34. The molecule has 3 atom stereocenters. The molecule has 34 heavy (non-hydrogen) atoms. The molecule has 1 saturated heterocycles. The van der Waals surface area contributed by atoms with Crippen LogP contribution in [0, 0.1) is 5.82 Å². The van der Waals surface area contributed by atoms with Crippen molar-refractivity contribution in [3.63, 3.8) is 0 Å². The summed E-state index contributed by atoms with van der Waals surface area (Å²) in [5.74, 6) is -0.426. The fourth-order valence-electron chi connectivity index (χ4n) is 4.13. The normalized spacial score (nSPS) is 20.1. The van der Waals surface area contributed by atoms with Crippen molar-refractivity contribution in [2.75, 3.05) is 13.1 Å². The average molecular weight is 487 g/mol. The summed E-state index contributed by atoms with van der Waals surface area (Å²) in [4.78, 5) is 17.5. The Hall–Kier alpha value is -3.08. The molecule has 1 fully saturated rings. The number of nitrogens with zero attached hydrogens (tertiary/aromatic N) is 3. The van der Waals surface area contributed by atoms with E-state index in [0.29, 0.717) is 11.4 Å². The quantitative estimate of drug-likeness (QED) is 0.578. The first kappa shape index (κ1) is 24.1. The van der Waals surface area contributed by atoms with Gasteiger partial charge in [-0.15, -0.1) is 0 Å². The lowest BCUT2D eigenvalue weighted by atomic mass is 10.0. The van der Waals surface area contributed by atoms with Crippen LogP contribution in [0.2, 0.25) is 0 Å². The lowest BCUT2D eigenvalue weighted by Crippen LogP contribution is -2.48. The first-order valence-electron chi connectivity index (χ1n) is 10.9. The fraction of sp³-hybridized carbons (Fsp3) is 0.333. The van der Waals surface area contributed by atoms with E-state index in [1.807, 2.05) is 13.8 Å². The molecule has 0 bridgehead atoms. The van der Waals surface area contributed by atoms with E-state index in [2.05, 4.69) is 10.3 Å². The van der Waals surface area contributed by atoms with Gasteiger partial charge in [0, 0.05) is 38.1 Å². The maximum absolute atomic E-state index is 13.9. The van der Waals surface area contributed by atoms with Gasteiger partial charge in [0.05, 0.1) is 17.1 Å². The van der Waals surface area contributed by atoms with Crippen LogP contribution in [-0.2, 0) is 21.8 Å². The molecule has 10 heteroatoms. The maximum Gasteiger partial charge on any atom is 0.252 e. The topological polar surface area (TPSA) is 93.5 Å². The molecule has 180 valence electrons. The summed E-state index contributed by atoms with van der Waals surface area (Å²) < 4.78 is 49.2. The largest absolute Gasteiger partial charge is 0.373 e. The van der Waals surface area contributed by atoms with Crippen molar-refractivity contribution in [1.82, 2.24) is 19.2 Å². The number of ether oxygens (including phenoxy) is 1. The zero-order valence-corrected chi connectivity index (χ0v) is 20.0. The van der Waals surface area contributed by atoms with Crippen molar-refractivity contribution in [3.05, 3.63) is 83.7 Å². The molecule has 0 spiro atoms. The van der Waals surface area contributed by atoms with Gasteiger partial charge in [-0.1, -0.05) is 18.2 Å². The van der Waals surface area contributed by atoms with Gasteiger partial charge in [-0.25, -0.2) is 17.8 Å². The van der Waals surface area contributed by atoms with Crippen molar-refractivity contribution in [3.8, 4) is 0 Å². The van der Waals surface area contributed by atoms with Crippen LogP contribution in [0.4, 0.5) is 4.39 Å². The smallest absolute Gasteiger partial charge is 0.252 e. The van der Waals surface area contributed by atoms with Crippen LogP contribution >= 0.6 is 0 Å². The van der Waals surface area contributed by atoms with Crippen molar-refractivity contribution < 1.29 is 22.3 Å². The minimum absolute atomic E-state index is 0.0285. The lowest BCUT2D eigenvalue weighted by molar-refractivity contribution is -0.0440. The minimum atomic E-state index is -3.81. The van der Waals surface area contributed by atoms with Gasteiger partial charge in [0.25, 0.3) is 5.91 Å². The Morgan fingerprint density at radius 3 is 2.50 bits per heavy atom. The second kappa shape index (κ2) is 9.65. The van der Waals surface area contributed by atoms with E-state index in [0.717, 1.165) is 0 Å². The molecule has 3 unspecified atom stereocenters. The van der Waals surface area contributed by atoms with Crippen molar-refractivity contribution in [2.24, 2.45) is 7.05 Å². The number of imidazole rings is 1. The van der Waals surface area contributed by atoms with Crippen LogP contribution < -0.4 is 5.32 Å². The summed E-state index contributed by atoms with van der Waals surface area (Å²) >= 11 is 0. The molecular formula is C24H27FN4O4S. The van der Waals surface area contributed by atoms with Crippen LogP contribution in [-0.4, -0.2) is 53.5 Å². The predicted octanol–water partition coefficient (Wildman–Crippen LogP) is 2.88.